The van der Waals surface area contributed by atoms with Gasteiger partial charge >= 0.3 is 0 Å². The van der Waals surface area contributed by atoms with E-state index in [4.69, 9.17) is 0 Å². The summed E-state index contributed by atoms with van der Waals surface area (Å²) in [6.45, 7) is 3.43. The van der Waals surface area contributed by atoms with Crippen molar-refractivity contribution in [2.45, 2.75) is 25.4 Å². The number of amides is 1. The zero-order valence-electron chi connectivity index (χ0n) is 13.7. The van der Waals surface area contributed by atoms with Gasteiger partial charge in [-0.15, -0.1) is 12.4 Å². The lowest BCUT2D eigenvalue weighted by atomic mass is 10.1. The Labute approximate surface area is 161 Å². The number of carbonyl (C=O) groups is 1. The predicted molar refractivity (Wildman–Crippen MR) is 103 cm³/mol. The molecule has 3 heterocycles. The largest absolute Gasteiger partial charge is 0.369 e. The zero-order valence-corrected chi connectivity index (χ0v) is 16.1. The van der Waals surface area contributed by atoms with E-state index in [1.165, 1.54) is 5.69 Å². The topological polar surface area (TPSA) is 73.0 Å². The number of H-pyrrole nitrogens is 1. The fourth-order valence-electron chi connectivity index (χ4n) is 3.43. The molecule has 2 aromatic rings. The molecule has 1 unspecified atom stereocenters. The van der Waals surface area contributed by atoms with Gasteiger partial charge in [0.15, 0.2) is 5.69 Å². The van der Waals surface area contributed by atoms with Crippen LogP contribution in [-0.4, -0.2) is 41.8 Å². The van der Waals surface area contributed by atoms with Crippen LogP contribution >= 0.6 is 28.3 Å². The Morgan fingerprint density at radius 3 is 2.92 bits per heavy atom. The maximum atomic E-state index is 12.6. The van der Waals surface area contributed by atoms with Crippen LogP contribution in [0, 0.1) is 0 Å². The van der Waals surface area contributed by atoms with E-state index in [1.807, 2.05) is 12.1 Å². The molecular formula is C17H21BrClN5O. The van der Waals surface area contributed by atoms with E-state index in [0.29, 0.717) is 12.2 Å². The summed E-state index contributed by atoms with van der Waals surface area (Å²) in [4.78, 5) is 14.9. The Balaban J connectivity index is 0.00000182. The number of fused-ring (bicyclic) bond motifs is 1. The van der Waals surface area contributed by atoms with Gasteiger partial charge in [-0.25, -0.2) is 0 Å². The van der Waals surface area contributed by atoms with Gasteiger partial charge in [-0.05, 0) is 30.7 Å². The lowest BCUT2D eigenvalue weighted by Gasteiger charge is -2.19. The van der Waals surface area contributed by atoms with Gasteiger partial charge in [0, 0.05) is 60.1 Å². The predicted octanol–water partition coefficient (Wildman–Crippen LogP) is 2.25. The summed E-state index contributed by atoms with van der Waals surface area (Å²) >= 11 is 3.46. The Bertz CT molecular complexity index is 748. The van der Waals surface area contributed by atoms with Crippen LogP contribution in [-0.2, 0) is 13.0 Å². The van der Waals surface area contributed by atoms with Crippen molar-refractivity contribution in [3.05, 3.63) is 45.7 Å². The molecule has 3 N–H and O–H groups in total. The smallest absolute Gasteiger partial charge is 0.272 e. The number of anilines is 1. The lowest BCUT2D eigenvalue weighted by Crippen LogP contribution is -2.38. The summed E-state index contributed by atoms with van der Waals surface area (Å²) in [5.41, 5.74) is 3.83. The van der Waals surface area contributed by atoms with Crippen LogP contribution < -0.4 is 15.5 Å². The molecule has 1 saturated heterocycles. The highest BCUT2D eigenvalue weighted by molar-refractivity contribution is 9.10. The van der Waals surface area contributed by atoms with Gasteiger partial charge in [0.25, 0.3) is 5.91 Å². The molecule has 4 rings (SSSR count). The van der Waals surface area contributed by atoms with Crippen molar-refractivity contribution in [2.75, 3.05) is 24.5 Å². The van der Waals surface area contributed by atoms with Gasteiger partial charge in [-0.2, -0.15) is 5.10 Å². The summed E-state index contributed by atoms with van der Waals surface area (Å²) in [6.07, 6.45) is 1.85. The first-order chi connectivity index (χ1) is 11.7. The molecule has 0 bridgehead atoms. The van der Waals surface area contributed by atoms with E-state index in [0.717, 1.165) is 48.2 Å². The second-order valence-electron chi connectivity index (χ2n) is 6.34. The van der Waals surface area contributed by atoms with Crippen LogP contribution in [0.1, 0.15) is 28.2 Å². The Hall–Kier alpha value is -1.57. The lowest BCUT2D eigenvalue weighted by molar-refractivity contribution is 0.0934. The number of nitrogens with one attached hydrogen (secondary N) is 3. The molecule has 134 valence electrons. The maximum Gasteiger partial charge on any atom is 0.272 e. The highest BCUT2D eigenvalue weighted by atomic mass is 79.9. The third-order valence-electron chi connectivity index (χ3n) is 4.74. The molecular weight excluding hydrogens is 406 g/mol. The van der Waals surface area contributed by atoms with Crippen molar-refractivity contribution in [1.29, 1.82) is 0 Å². The second kappa shape index (κ2) is 7.76. The fourth-order valence-corrected chi connectivity index (χ4v) is 3.70. The van der Waals surface area contributed by atoms with Gasteiger partial charge in [0.2, 0.25) is 0 Å². The van der Waals surface area contributed by atoms with E-state index < -0.39 is 0 Å². The van der Waals surface area contributed by atoms with Gasteiger partial charge in [0.05, 0.1) is 0 Å². The summed E-state index contributed by atoms with van der Waals surface area (Å²) < 4.78 is 1.08. The molecule has 6 nitrogen and oxygen atoms in total. The summed E-state index contributed by atoms with van der Waals surface area (Å²) in [6, 6.07) is 8.45. The number of halogens is 2. The first-order valence-electron chi connectivity index (χ1n) is 8.29. The van der Waals surface area contributed by atoms with E-state index in [-0.39, 0.29) is 24.4 Å². The van der Waals surface area contributed by atoms with Crippen LogP contribution in [0.3, 0.4) is 0 Å². The average Bonchev–Trinajstić information content (AvgIpc) is 3.22. The number of aromatic nitrogens is 2. The molecule has 8 heteroatoms. The molecule has 2 aliphatic rings. The zero-order chi connectivity index (χ0) is 16.5. The summed E-state index contributed by atoms with van der Waals surface area (Å²) in [7, 11) is 0. The molecule has 2 aliphatic heterocycles. The van der Waals surface area contributed by atoms with Crippen molar-refractivity contribution < 1.29 is 4.79 Å². The van der Waals surface area contributed by atoms with Crippen molar-refractivity contribution >= 4 is 39.9 Å². The highest BCUT2D eigenvalue weighted by Gasteiger charge is 2.27. The third-order valence-corrected chi connectivity index (χ3v) is 5.27. The molecule has 1 aromatic carbocycles. The first kappa shape index (κ1) is 18.2. The molecule has 0 saturated carbocycles. The Morgan fingerprint density at radius 2 is 2.12 bits per heavy atom. The van der Waals surface area contributed by atoms with Crippen molar-refractivity contribution in [3.63, 3.8) is 0 Å². The minimum atomic E-state index is -0.0705. The number of nitrogens with zero attached hydrogens (tertiary/aromatic N) is 2. The van der Waals surface area contributed by atoms with Crippen LogP contribution in [0.4, 0.5) is 5.69 Å². The molecule has 25 heavy (non-hydrogen) atoms. The summed E-state index contributed by atoms with van der Waals surface area (Å²) in [5, 5.41) is 13.7. The standard InChI is InChI=1S/C17H20BrN5O.ClH/c18-11-1-3-13(4-2-11)23-8-6-12(10-23)20-17(24)16-14-9-19-7-5-15(14)21-22-16;/h1-4,12,19H,5-10H2,(H,20,24)(H,21,22);1H. The number of carbonyl (C=O) groups excluding carboxylic acids is 1. The quantitative estimate of drug-likeness (QED) is 0.704. The molecule has 0 aliphatic carbocycles. The number of hydrogen-bond donors (Lipinski definition) is 3. The van der Waals surface area contributed by atoms with Crippen molar-refractivity contribution in [3.8, 4) is 0 Å². The van der Waals surface area contributed by atoms with Gasteiger partial charge in [-0.3, -0.25) is 9.89 Å². The Morgan fingerprint density at radius 1 is 1.32 bits per heavy atom. The minimum Gasteiger partial charge on any atom is -0.369 e. The van der Waals surface area contributed by atoms with Crippen LogP contribution in [0.25, 0.3) is 0 Å². The molecule has 1 fully saturated rings. The Kier molecular flexibility index (Phi) is 5.66. The number of benzene rings is 1. The average molecular weight is 427 g/mol. The number of rotatable bonds is 3. The molecule has 0 spiro atoms. The second-order valence-corrected chi connectivity index (χ2v) is 7.25. The van der Waals surface area contributed by atoms with E-state index in [9.17, 15) is 4.79 Å². The fraction of sp³-hybridized carbons (Fsp3) is 0.412. The maximum absolute atomic E-state index is 12.6. The third kappa shape index (κ3) is 3.83. The highest BCUT2D eigenvalue weighted by Crippen LogP contribution is 2.23. The van der Waals surface area contributed by atoms with Crippen LogP contribution in [0.15, 0.2) is 28.7 Å². The van der Waals surface area contributed by atoms with Gasteiger partial charge < -0.3 is 15.5 Å². The van der Waals surface area contributed by atoms with E-state index >= 15 is 0 Å². The monoisotopic (exact) mass is 425 g/mol. The normalized spacial score (nSPS) is 19.2. The van der Waals surface area contributed by atoms with Gasteiger partial charge in [-0.1, -0.05) is 15.9 Å². The molecule has 1 aromatic heterocycles. The van der Waals surface area contributed by atoms with Crippen LogP contribution in [0.2, 0.25) is 0 Å². The van der Waals surface area contributed by atoms with Crippen molar-refractivity contribution in [1.82, 2.24) is 20.8 Å². The van der Waals surface area contributed by atoms with Crippen LogP contribution in [0.5, 0.6) is 0 Å². The summed E-state index contributed by atoms with van der Waals surface area (Å²) in [5.74, 6) is -0.0705. The number of hydrogen-bond acceptors (Lipinski definition) is 4. The van der Waals surface area contributed by atoms with Crippen molar-refractivity contribution in [2.24, 2.45) is 0 Å². The number of aromatic amines is 1. The minimum absolute atomic E-state index is 0. The first-order valence-corrected chi connectivity index (χ1v) is 9.08. The SMILES string of the molecule is Cl.O=C(NC1CCN(c2ccc(Br)cc2)C1)c1n[nH]c2c1CNCC2. The van der Waals surface area contributed by atoms with E-state index in [1.54, 1.807) is 0 Å². The van der Waals surface area contributed by atoms with Gasteiger partial charge in [0.1, 0.15) is 0 Å². The molecule has 1 amide bonds. The molecule has 1 atom stereocenters. The molecule has 0 radical (unpaired) electrons. The van der Waals surface area contributed by atoms with E-state index in [2.05, 4.69) is 53.8 Å².